The SMILES string of the molecule is Cc1csc(C(=O)O)c1S(=O)(=O)NC1CCCCNC1=O. The Hall–Kier alpha value is -1.45. The van der Waals surface area contributed by atoms with E-state index in [9.17, 15) is 18.0 Å². The Kier molecular flexibility index (Phi) is 4.64. The first-order chi connectivity index (χ1) is 9.83. The summed E-state index contributed by atoms with van der Waals surface area (Å²) in [5.74, 6) is -1.67. The first kappa shape index (κ1) is 15.9. The molecule has 1 atom stereocenters. The minimum absolute atomic E-state index is 0.242. The van der Waals surface area contributed by atoms with Crippen molar-refractivity contribution in [2.45, 2.75) is 37.1 Å². The van der Waals surface area contributed by atoms with Gasteiger partial charge in [0, 0.05) is 6.54 Å². The summed E-state index contributed by atoms with van der Waals surface area (Å²) >= 11 is 0.859. The van der Waals surface area contributed by atoms with Crippen LogP contribution < -0.4 is 10.0 Å². The van der Waals surface area contributed by atoms with E-state index in [1.807, 2.05) is 0 Å². The maximum Gasteiger partial charge on any atom is 0.347 e. The van der Waals surface area contributed by atoms with Crippen molar-refractivity contribution in [3.63, 3.8) is 0 Å². The highest BCUT2D eigenvalue weighted by atomic mass is 32.2. The van der Waals surface area contributed by atoms with E-state index in [0.717, 1.165) is 24.2 Å². The second-order valence-electron chi connectivity index (χ2n) is 4.84. The molecule has 1 aliphatic heterocycles. The number of aryl methyl sites for hydroxylation is 1. The molecule has 1 aromatic rings. The minimum Gasteiger partial charge on any atom is -0.477 e. The number of rotatable bonds is 4. The smallest absolute Gasteiger partial charge is 0.347 e. The molecular formula is C12H16N2O5S2. The first-order valence-corrected chi connectivity index (χ1v) is 8.80. The average molecular weight is 332 g/mol. The molecule has 2 heterocycles. The van der Waals surface area contributed by atoms with Crippen molar-refractivity contribution in [3.8, 4) is 0 Å². The van der Waals surface area contributed by atoms with Gasteiger partial charge in [-0.3, -0.25) is 4.79 Å². The molecule has 1 unspecified atom stereocenters. The van der Waals surface area contributed by atoms with Crippen molar-refractivity contribution in [1.29, 1.82) is 0 Å². The van der Waals surface area contributed by atoms with Gasteiger partial charge in [0.15, 0.2) is 0 Å². The van der Waals surface area contributed by atoms with Gasteiger partial charge in [0.2, 0.25) is 15.9 Å². The maximum atomic E-state index is 12.4. The van der Waals surface area contributed by atoms with Crippen molar-refractivity contribution in [1.82, 2.24) is 10.0 Å². The van der Waals surface area contributed by atoms with Gasteiger partial charge in [-0.2, -0.15) is 4.72 Å². The lowest BCUT2D eigenvalue weighted by Crippen LogP contribution is -2.45. The second-order valence-corrected chi connectivity index (χ2v) is 7.37. The lowest BCUT2D eigenvalue weighted by Gasteiger charge is -2.15. The predicted octanol–water partition coefficient (Wildman–Crippen LogP) is 0.702. The molecule has 9 heteroatoms. The Balaban J connectivity index is 2.32. The summed E-state index contributed by atoms with van der Waals surface area (Å²) in [5, 5.41) is 13.2. The van der Waals surface area contributed by atoms with E-state index in [2.05, 4.69) is 10.0 Å². The van der Waals surface area contributed by atoms with E-state index in [4.69, 9.17) is 5.11 Å². The van der Waals surface area contributed by atoms with E-state index in [-0.39, 0.29) is 15.7 Å². The number of carboxylic acid groups (broad SMARTS) is 1. The van der Waals surface area contributed by atoms with Crippen molar-refractivity contribution in [2.75, 3.05) is 6.54 Å². The van der Waals surface area contributed by atoms with E-state index in [1.54, 1.807) is 0 Å². The van der Waals surface area contributed by atoms with Crippen LogP contribution in [0.2, 0.25) is 0 Å². The number of carboxylic acids is 1. The van der Waals surface area contributed by atoms with Gasteiger partial charge >= 0.3 is 5.97 Å². The standard InChI is InChI=1S/C12H16N2O5S2/c1-7-6-20-9(12(16)17)10(7)21(18,19)14-8-4-2-3-5-13-11(8)15/h6,8,14H,2-5H2,1H3,(H,13,15)(H,16,17). The van der Waals surface area contributed by atoms with E-state index in [1.165, 1.54) is 12.3 Å². The third-order valence-corrected chi connectivity index (χ3v) is 6.09. The van der Waals surface area contributed by atoms with Crippen LogP contribution in [0, 0.1) is 6.92 Å². The largest absolute Gasteiger partial charge is 0.477 e. The fraction of sp³-hybridized carbons (Fsp3) is 0.500. The fourth-order valence-electron chi connectivity index (χ4n) is 2.21. The van der Waals surface area contributed by atoms with Gasteiger partial charge in [0.1, 0.15) is 15.8 Å². The summed E-state index contributed by atoms with van der Waals surface area (Å²) in [6.45, 7) is 2.06. The Morgan fingerprint density at radius 3 is 2.86 bits per heavy atom. The summed E-state index contributed by atoms with van der Waals surface area (Å²) in [6, 6.07) is -0.863. The number of thiophene rings is 1. The molecule has 0 bridgehead atoms. The lowest BCUT2D eigenvalue weighted by atomic mass is 10.1. The topological polar surface area (TPSA) is 113 Å². The average Bonchev–Trinajstić information content (AvgIpc) is 2.69. The van der Waals surface area contributed by atoms with Gasteiger partial charge in [0.05, 0.1) is 0 Å². The molecule has 1 amide bonds. The van der Waals surface area contributed by atoms with Crippen molar-refractivity contribution < 1.29 is 23.1 Å². The number of sulfonamides is 1. The number of nitrogens with one attached hydrogen (secondary N) is 2. The molecule has 0 radical (unpaired) electrons. The van der Waals surface area contributed by atoms with Crippen LogP contribution in [0.15, 0.2) is 10.3 Å². The lowest BCUT2D eigenvalue weighted by molar-refractivity contribution is -0.122. The van der Waals surface area contributed by atoms with Crippen LogP contribution in [0.4, 0.5) is 0 Å². The zero-order chi connectivity index (χ0) is 15.6. The van der Waals surface area contributed by atoms with Crippen molar-refractivity contribution >= 4 is 33.2 Å². The molecule has 1 saturated heterocycles. The Morgan fingerprint density at radius 2 is 2.19 bits per heavy atom. The van der Waals surface area contributed by atoms with Crippen molar-refractivity contribution in [3.05, 3.63) is 15.8 Å². The highest BCUT2D eigenvalue weighted by Crippen LogP contribution is 2.27. The first-order valence-electron chi connectivity index (χ1n) is 6.44. The van der Waals surface area contributed by atoms with Crippen LogP contribution in [0.3, 0.4) is 0 Å². The summed E-state index contributed by atoms with van der Waals surface area (Å²) in [4.78, 5) is 22.5. The molecule has 1 fully saturated rings. The molecule has 7 nitrogen and oxygen atoms in total. The Morgan fingerprint density at radius 1 is 1.48 bits per heavy atom. The Bertz CT molecular complexity index is 665. The molecule has 3 N–H and O–H groups in total. The number of aromatic carboxylic acids is 1. The zero-order valence-electron chi connectivity index (χ0n) is 11.4. The molecule has 0 aliphatic carbocycles. The highest BCUT2D eigenvalue weighted by molar-refractivity contribution is 7.89. The van der Waals surface area contributed by atoms with E-state index in [0.29, 0.717) is 18.5 Å². The quantitative estimate of drug-likeness (QED) is 0.751. The molecule has 2 rings (SSSR count). The molecule has 0 spiro atoms. The van der Waals surface area contributed by atoms with Gasteiger partial charge in [0.25, 0.3) is 0 Å². The van der Waals surface area contributed by atoms with Crippen LogP contribution in [0.25, 0.3) is 0 Å². The molecule has 0 aromatic carbocycles. The summed E-state index contributed by atoms with van der Waals surface area (Å²) in [6.07, 6.45) is 1.92. The summed E-state index contributed by atoms with van der Waals surface area (Å²) < 4.78 is 27.2. The van der Waals surface area contributed by atoms with Gasteiger partial charge in [-0.05, 0) is 37.1 Å². The number of hydrogen-bond acceptors (Lipinski definition) is 5. The number of amides is 1. The van der Waals surface area contributed by atoms with Gasteiger partial charge in [-0.15, -0.1) is 11.3 Å². The molecule has 1 aliphatic rings. The molecule has 21 heavy (non-hydrogen) atoms. The van der Waals surface area contributed by atoms with E-state index >= 15 is 0 Å². The number of hydrogen-bond donors (Lipinski definition) is 3. The molecule has 116 valence electrons. The van der Waals surface area contributed by atoms with Crippen LogP contribution in [-0.2, 0) is 14.8 Å². The van der Waals surface area contributed by atoms with Gasteiger partial charge in [-0.1, -0.05) is 0 Å². The van der Waals surface area contributed by atoms with Gasteiger partial charge in [-0.25, -0.2) is 13.2 Å². The van der Waals surface area contributed by atoms with E-state index < -0.39 is 22.0 Å². The Labute approximate surface area is 126 Å². The third kappa shape index (κ3) is 3.42. The molecule has 1 aromatic heterocycles. The highest BCUT2D eigenvalue weighted by Gasteiger charge is 2.31. The number of carbonyl (C=O) groups is 2. The van der Waals surface area contributed by atoms with Crippen molar-refractivity contribution in [2.24, 2.45) is 0 Å². The normalized spacial score (nSPS) is 19.9. The van der Waals surface area contributed by atoms with Crippen LogP contribution in [0.5, 0.6) is 0 Å². The zero-order valence-corrected chi connectivity index (χ0v) is 13.0. The second kappa shape index (κ2) is 6.12. The van der Waals surface area contributed by atoms with Gasteiger partial charge < -0.3 is 10.4 Å². The van der Waals surface area contributed by atoms with Crippen LogP contribution in [-0.4, -0.2) is 38.0 Å². The number of carbonyl (C=O) groups excluding carboxylic acids is 1. The fourth-order valence-corrected chi connectivity index (χ4v) is 5.07. The summed E-state index contributed by atoms with van der Waals surface area (Å²) in [5.41, 5.74) is 0.360. The summed E-state index contributed by atoms with van der Waals surface area (Å²) in [7, 11) is -4.05. The molecular weight excluding hydrogens is 316 g/mol. The van der Waals surface area contributed by atoms with Crippen LogP contribution >= 0.6 is 11.3 Å². The van der Waals surface area contributed by atoms with Crippen LogP contribution in [0.1, 0.15) is 34.5 Å². The monoisotopic (exact) mass is 332 g/mol. The maximum absolute atomic E-state index is 12.4. The minimum atomic E-state index is -4.05. The predicted molar refractivity (Wildman–Crippen MR) is 77.0 cm³/mol. The molecule has 0 saturated carbocycles. The third-order valence-electron chi connectivity index (χ3n) is 3.21.